The van der Waals surface area contributed by atoms with Gasteiger partial charge in [0, 0.05) is 25.3 Å². The van der Waals surface area contributed by atoms with E-state index in [1.165, 1.54) is 22.6 Å². The lowest BCUT2D eigenvalue weighted by atomic mass is 10.1. The number of nitrogens with two attached hydrogens (primary N) is 1. The topological polar surface area (TPSA) is 139 Å². The Labute approximate surface area is 198 Å². The van der Waals surface area contributed by atoms with Gasteiger partial charge in [-0.2, -0.15) is 4.31 Å². The lowest BCUT2D eigenvalue weighted by Crippen LogP contribution is -2.42. The number of aromatic nitrogens is 2. The smallest absolute Gasteiger partial charge is 0.244 e. The number of ketones is 1. The number of aliphatic hydroxyl groups is 1. The van der Waals surface area contributed by atoms with Crippen molar-refractivity contribution in [3.8, 4) is 0 Å². The van der Waals surface area contributed by atoms with Gasteiger partial charge in [-0.15, -0.1) is 0 Å². The van der Waals surface area contributed by atoms with E-state index >= 15 is 0 Å². The predicted molar refractivity (Wildman–Crippen MR) is 122 cm³/mol. The molecule has 3 heterocycles. The highest BCUT2D eigenvalue weighted by Crippen LogP contribution is 2.31. The molecule has 0 amide bonds. The molecule has 3 aromatic rings. The van der Waals surface area contributed by atoms with Crippen molar-refractivity contribution in [3.05, 3.63) is 64.3 Å². The Hall–Kier alpha value is -3.00. The number of aliphatic hydroxyl groups excluding tert-OH is 1. The van der Waals surface area contributed by atoms with Crippen molar-refractivity contribution in [2.24, 2.45) is 0 Å². The Kier molecular flexibility index (Phi) is 6.89. The first-order valence-electron chi connectivity index (χ1n) is 10.3. The molecule has 0 spiro atoms. The summed E-state index contributed by atoms with van der Waals surface area (Å²) >= 11 is 0.890. The predicted octanol–water partition coefficient (Wildman–Crippen LogP) is 2.39. The van der Waals surface area contributed by atoms with Crippen LogP contribution >= 0.6 is 11.3 Å². The Bertz CT molecular complexity index is 1290. The van der Waals surface area contributed by atoms with Crippen molar-refractivity contribution in [1.82, 2.24) is 14.3 Å². The zero-order valence-electron chi connectivity index (χ0n) is 17.7. The van der Waals surface area contributed by atoms with Crippen molar-refractivity contribution in [3.63, 3.8) is 0 Å². The van der Waals surface area contributed by atoms with Crippen molar-refractivity contribution >= 4 is 38.1 Å². The molecule has 0 atom stereocenters. The first kappa shape index (κ1) is 24.1. The Morgan fingerprint density at radius 2 is 1.88 bits per heavy atom. The SMILES string of the molecule is Nc1nc(NC2CCN(S(=O)(=O)c3ccc(CO)nc3)CC2)sc1C(=O)c1c(F)cccc1F. The molecule has 1 aromatic carbocycles. The third-order valence-corrected chi connectivity index (χ3v) is 8.31. The molecule has 1 aliphatic heterocycles. The van der Waals surface area contributed by atoms with E-state index in [0.29, 0.717) is 23.7 Å². The van der Waals surface area contributed by atoms with Crippen molar-refractivity contribution in [1.29, 1.82) is 0 Å². The van der Waals surface area contributed by atoms with E-state index in [0.717, 1.165) is 29.5 Å². The Balaban J connectivity index is 1.41. The highest BCUT2D eigenvalue weighted by Gasteiger charge is 2.31. The number of hydrogen-bond donors (Lipinski definition) is 3. The molecule has 0 radical (unpaired) electrons. The number of carbonyl (C=O) groups excluding carboxylic acids is 1. The molecule has 1 saturated heterocycles. The number of rotatable bonds is 7. The van der Waals surface area contributed by atoms with Gasteiger partial charge in [-0.3, -0.25) is 9.78 Å². The number of nitrogen functional groups attached to an aromatic ring is 1. The van der Waals surface area contributed by atoms with E-state index in [1.807, 2.05) is 0 Å². The number of anilines is 2. The van der Waals surface area contributed by atoms with Crippen LogP contribution in [0.15, 0.2) is 41.4 Å². The normalized spacial score (nSPS) is 15.4. The minimum Gasteiger partial charge on any atom is -0.390 e. The molecule has 1 aliphatic rings. The molecule has 9 nitrogen and oxygen atoms in total. The van der Waals surface area contributed by atoms with Gasteiger partial charge >= 0.3 is 0 Å². The molecule has 0 bridgehead atoms. The highest BCUT2D eigenvalue weighted by molar-refractivity contribution is 7.89. The van der Waals surface area contributed by atoms with E-state index in [4.69, 9.17) is 10.8 Å². The zero-order chi connectivity index (χ0) is 24.5. The second-order valence-electron chi connectivity index (χ2n) is 7.63. The quantitative estimate of drug-likeness (QED) is 0.413. The van der Waals surface area contributed by atoms with Gasteiger partial charge in [-0.25, -0.2) is 22.2 Å². The molecule has 4 N–H and O–H groups in total. The molecule has 0 aliphatic carbocycles. The number of pyridine rings is 1. The zero-order valence-corrected chi connectivity index (χ0v) is 19.4. The number of hydrogen-bond acceptors (Lipinski definition) is 9. The Morgan fingerprint density at radius 3 is 2.47 bits per heavy atom. The van der Waals surface area contributed by atoms with Crippen LogP contribution in [0.4, 0.5) is 19.7 Å². The second kappa shape index (κ2) is 9.70. The average Bonchev–Trinajstić information content (AvgIpc) is 3.19. The molecule has 0 unspecified atom stereocenters. The van der Waals surface area contributed by atoms with Crippen molar-refractivity contribution in [2.75, 3.05) is 24.1 Å². The second-order valence-corrected chi connectivity index (χ2v) is 10.6. The van der Waals surface area contributed by atoms with Gasteiger partial charge in [0.2, 0.25) is 15.8 Å². The largest absolute Gasteiger partial charge is 0.390 e. The summed E-state index contributed by atoms with van der Waals surface area (Å²) in [6.07, 6.45) is 2.15. The molecular weight excluding hydrogens is 488 g/mol. The summed E-state index contributed by atoms with van der Waals surface area (Å²) in [6.45, 7) is 0.213. The summed E-state index contributed by atoms with van der Waals surface area (Å²) < 4.78 is 55.0. The van der Waals surface area contributed by atoms with Crippen LogP contribution < -0.4 is 11.1 Å². The fourth-order valence-corrected chi connectivity index (χ4v) is 5.93. The van der Waals surface area contributed by atoms with E-state index in [-0.39, 0.29) is 41.3 Å². The van der Waals surface area contributed by atoms with Crippen LogP contribution in [0.5, 0.6) is 0 Å². The van der Waals surface area contributed by atoms with Crippen LogP contribution in [0, 0.1) is 11.6 Å². The summed E-state index contributed by atoms with van der Waals surface area (Å²) in [5.41, 5.74) is 5.52. The van der Waals surface area contributed by atoms with Crippen LogP contribution in [0.2, 0.25) is 0 Å². The van der Waals surface area contributed by atoms with E-state index in [2.05, 4.69) is 15.3 Å². The van der Waals surface area contributed by atoms with Gasteiger partial charge in [-0.1, -0.05) is 17.4 Å². The number of carbonyl (C=O) groups is 1. The highest BCUT2D eigenvalue weighted by atomic mass is 32.2. The number of halogens is 2. The van der Waals surface area contributed by atoms with E-state index in [1.54, 1.807) is 0 Å². The van der Waals surface area contributed by atoms with E-state index < -0.39 is 33.0 Å². The van der Waals surface area contributed by atoms with Gasteiger partial charge < -0.3 is 16.2 Å². The number of nitrogens with one attached hydrogen (secondary N) is 1. The number of sulfonamides is 1. The van der Waals surface area contributed by atoms with Gasteiger partial charge in [0.15, 0.2) is 5.13 Å². The summed E-state index contributed by atoms with van der Waals surface area (Å²) in [7, 11) is -3.72. The summed E-state index contributed by atoms with van der Waals surface area (Å²) in [6, 6.07) is 5.88. The molecule has 1 fully saturated rings. The Morgan fingerprint density at radius 1 is 1.21 bits per heavy atom. The minimum absolute atomic E-state index is 0.0485. The number of piperidine rings is 1. The lowest BCUT2D eigenvalue weighted by Gasteiger charge is -2.31. The first-order chi connectivity index (χ1) is 16.2. The van der Waals surface area contributed by atoms with E-state index in [9.17, 15) is 22.0 Å². The number of benzene rings is 1. The summed E-state index contributed by atoms with van der Waals surface area (Å²) in [5, 5.41) is 12.5. The van der Waals surface area contributed by atoms with Gasteiger partial charge in [-0.05, 0) is 37.1 Å². The fourth-order valence-electron chi connectivity index (χ4n) is 3.61. The van der Waals surface area contributed by atoms with Crippen LogP contribution in [0.3, 0.4) is 0 Å². The van der Waals surface area contributed by atoms with Crippen molar-refractivity contribution in [2.45, 2.75) is 30.4 Å². The van der Waals surface area contributed by atoms with Crippen molar-refractivity contribution < 1.29 is 27.1 Å². The molecule has 2 aromatic heterocycles. The molecule has 13 heteroatoms. The lowest BCUT2D eigenvalue weighted by molar-refractivity contribution is 0.103. The summed E-state index contributed by atoms with van der Waals surface area (Å²) in [4.78, 5) is 20.6. The van der Waals surface area contributed by atoms with Gasteiger partial charge in [0.1, 0.15) is 27.2 Å². The third kappa shape index (κ3) is 4.78. The standard InChI is InChI=1S/C21H21F2N5O4S2/c22-15-2-1-3-16(23)17(15)18(30)19-20(24)27-21(33-19)26-12-6-8-28(9-7-12)34(31,32)14-5-4-13(11-29)25-10-14/h1-5,10,12,29H,6-9,11,24H2,(H,26,27). The van der Waals surface area contributed by atoms with Gasteiger partial charge in [0.25, 0.3) is 0 Å². The minimum atomic E-state index is -3.72. The third-order valence-electron chi connectivity index (χ3n) is 5.43. The monoisotopic (exact) mass is 509 g/mol. The maximum absolute atomic E-state index is 14.0. The maximum Gasteiger partial charge on any atom is 0.244 e. The molecule has 34 heavy (non-hydrogen) atoms. The van der Waals surface area contributed by atoms with Crippen LogP contribution in [0.1, 0.15) is 33.8 Å². The molecule has 0 saturated carbocycles. The number of thiazole rings is 1. The fraction of sp³-hybridized carbons (Fsp3) is 0.286. The molecular formula is C21H21F2N5O4S2. The van der Waals surface area contributed by atoms with Gasteiger partial charge in [0.05, 0.1) is 17.9 Å². The van der Waals surface area contributed by atoms with Crippen LogP contribution in [0.25, 0.3) is 0 Å². The first-order valence-corrected chi connectivity index (χ1v) is 12.5. The van der Waals surface area contributed by atoms with Crippen LogP contribution in [-0.2, 0) is 16.6 Å². The molecule has 4 rings (SSSR count). The van der Waals surface area contributed by atoms with Crippen LogP contribution in [-0.4, -0.2) is 52.7 Å². The summed E-state index contributed by atoms with van der Waals surface area (Å²) in [5.74, 6) is -3.00. The maximum atomic E-state index is 14.0. The average molecular weight is 510 g/mol. The number of nitrogens with zero attached hydrogens (tertiary/aromatic N) is 3. The molecule has 180 valence electrons.